The van der Waals surface area contributed by atoms with Crippen molar-refractivity contribution in [3.05, 3.63) is 63.9 Å². The molecule has 0 aliphatic rings. The Morgan fingerprint density at radius 3 is 2.63 bits per heavy atom. The van der Waals surface area contributed by atoms with Crippen molar-refractivity contribution in [2.45, 2.75) is 26.8 Å². The van der Waals surface area contributed by atoms with Crippen LogP contribution in [0.2, 0.25) is 5.02 Å². The number of benzene rings is 1. The van der Waals surface area contributed by atoms with Gasteiger partial charge in [-0.2, -0.15) is 0 Å². The lowest BCUT2D eigenvalue weighted by molar-refractivity contribution is 0.612. The monoisotopic (exact) mass is 274 g/mol. The summed E-state index contributed by atoms with van der Waals surface area (Å²) in [4.78, 5) is 4.45. The van der Waals surface area contributed by atoms with Crippen molar-refractivity contribution in [3.63, 3.8) is 0 Å². The average Bonchev–Trinajstić information content (AvgIpc) is 2.40. The molecule has 3 heteroatoms. The molecule has 0 aliphatic carbocycles. The molecule has 2 rings (SSSR count). The molecule has 1 N–H and O–H groups in total. The lowest BCUT2D eigenvalue weighted by atomic mass is 9.96. The second-order valence-corrected chi connectivity index (χ2v) is 5.19. The van der Waals surface area contributed by atoms with Crippen LogP contribution in [-0.4, -0.2) is 11.5 Å². The van der Waals surface area contributed by atoms with E-state index in [9.17, 15) is 0 Å². The molecule has 2 nitrogen and oxygen atoms in total. The molecule has 0 bridgehead atoms. The molecule has 0 radical (unpaired) electrons. The normalized spacial score (nSPS) is 12.4. The van der Waals surface area contributed by atoms with E-state index < -0.39 is 0 Å². The summed E-state index contributed by atoms with van der Waals surface area (Å²) in [7, 11) is 0. The number of hydrogen-bond acceptors (Lipinski definition) is 2. The fraction of sp³-hybridized carbons (Fsp3) is 0.312. The lowest BCUT2D eigenvalue weighted by Gasteiger charge is -2.20. The summed E-state index contributed by atoms with van der Waals surface area (Å²) in [6.07, 6.45) is 1.70. The first-order valence-corrected chi connectivity index (χ1v) is 6.91. The third kappa shape index (κ3) is 3.34. The minimum atomic E-state index is 0.113. The first kappa shape index (κ1) is 14.0. The Bertz CT molecular complexity index is 549. The maximum absolute atomic E-state index is 5.91. The SMILES string of the molecule is CCNC(c1ccc(Cl)cn1)c1cc(C)ccc1C. The molecule has 1 heterocycles. The Morgan fingerprint density at radius 2 is 2.00 bits per heavy atom. The first-order chi connectivity index (χ1) is 9.11. The molecule has 1 unspecified atom stereocenters. The zero-order chi connectivity index (χ0) is 13.8. The van der Waals surface area contributed by atoms with Gasteiger partial charge in [-0.15, -0.1) is 0 Å². The average molecular weight is 275 g/mol. The van der Waals surface area contributed by atoms with Gasteiger partial charge in [-0.25, -0.2) is 0 Å². The Labute approximate surface area is 119 Å². The van der Waals surface area contributed by atoms with Crippen molar-refractivity contribution >= 4 is 11.6 Å². The highest BCUT2D eigenvalue weighted by molar-refractivity contribution is 6.30. The van der Waals surface area contributed by atoms with Crippen LogP contribution in [0.4, 0.5) is 0 Å². The number of nitrogens with one attached hydrogen (secondary N) is 1. The highest BCUT2D eigenvalue weighted by Gasteiger charge is 2.16. The Morgan fingerprint density at radius 1 is 1.21 bits per heavy atom. The van der Waals surface area contributed by atoms with Crippen LogP contribution in [0.1, 0.15) is 35.3 Å². The molecule has 0 aliphatic heterocycles. The van der Waals surface area contributed by atoms with E-state index in [1.165, 1.54) is 16.7 Å². The molecular formula is C16H19ClN2. The smallest absolute Gasteiger partial charge is 0.0754 e. The third-order valence-electron chi connectivity index (χ3n) is 3.20. The van der Waals surface area contributed by atoms with Crippen molar-refractivity contribution in [2.24, 2.45) is 0 Å². The number of rotatable bonds is 4. The van der Waals surface area contributed by atoms with E-state index in [1.54, 1.807) is 6.20 Å². The van der Waals surface area contributed by atoms with Crippen LogP contribution in [0.5, 0.6) is 0 Å². The van der Waals surface area contributed by atoms with Crippen LogP contribution in [0.15, 0.2) is 36.5 Å². The molecule has 2 aromatic rings. The van der Waals surface area contributed by atoms with Crippen LogP contribution in [0, 0.1) is 13.8 Å². The molecule has 1 atom stereocenters. The van der Waals surface area contributed by atoms with E-state index in [0.717, 1.165) is 12.2 Å². The number of halogens is 1. The predicted molar refractivity (Wildman–Crippen MR) is 80.7 cm³/mol. The Balaban J connectivity index is 2.44. The van der Waals surface area contributed by atoms with Gasteiger partial charge in [-0.05, 0) is 43.7 Å². The van der Waals surface area contributed by atoms with E-state index in [1.807, 2.05) is 12.1 Å². The Hall–Kier alpha value is -1.38. The van der Waals surface area contributed by atoms with Gasteiger partial charge in [0, 0.05) is 6.20 Å². The van der Waals surface area contributed by atoms with E-state index in [4.69, 9.17) is 11.6 Å². The minimum Gasteiger partial charge on any atom is -0.305 e. The molecule has 0 spiro atoms. The zero-order valence-electron chi connectivity index (χ0n) is 11.6. The first-order valence-electron chi connectivity index (χ1n) is 6.53. The quantitative estimate of drug-likeness (QED) is 0.910. The highest BCUT2D eigenvalue weighted by atomic mass is 35.5. The van der Waals surface area contributed by atoms with Crippen LogP contribution < -0.4 is 5.32 Å². The van der Waals surface area contributed by atoms with Gasteiger partial charge in [0.2, 0.25) is 0 Å². The largest absolute Gasteiger partial charge is 0.305 e. The van der Waals surface area contributed by atoms with Crippen LogP contribution in [-0.2, 0) is 0 Å². The fourth-order valence-electron chi connectivity index (χ4n) is 2.21. The molecule has 19 heavy (non-hydrogen) atoms. The standard InChI is InChI=1S/C16H19ClN2/c1-4-18-16(15-8-7-13(17)10-19-15)14-9-11(2)5-6-12(14)3/h5-10,16,18H,4H2,1-3H3. The summed E-state index contributed by atoms with van der Waals surface area (Å²) in [6, 6.07) is 10.5. The van der Waals surface area contributed by atoms with Crippen LogP contribution in [0.25, 0.3) is 0 Å². The topological polar surface area (TPSA) is 24.9 Å². The van der Waals surface area contributed by atoms with Gasteiger partial charge >= 0.3 is 0 Å². The lowest BCUT2D eigenvalue weighted by Crippen LogP contribution is -2.23. The number of nitrogens with zero attached hydrogens (tertiary/aromatic N) is 1. The number of hydrogen-bond donors (Lipinski definition) is 1. The summed E-state index contributed by atoms with van der Waals surface area (Å²) in [5, 5.41) is 4.16. The van der Waals surface area contributed by atoms with Gasteiger partial charge in [0.1, 0.15) is 0 Å². The van der Waals surface area contributed by atoms with Gasteiger partial charge in [0.25, 0.3) is 0 Å². The van der Waals surface area contributed by atoms with E-state index in [-0.39, 0.29) is 6.04 Å². The molecule has 0 amide bonds. The maximum atomic E-state index is 5.91. The predicted octanol–water partition coefficient (Wildman–Crippen LogP) is 4.05. The van der Waals surface area contributed by atoms with E-state index in [0.29, 0.717) is 5.02 Å². The van der Waals surface area contributed by atoms with E-state index in [2.05, 4.69) is 49.3 Å². The second kappa shape index (κ2) is 6.18. The summed E-state index contributed by atoms with van der Waals surface area (Å²) in [5.41, 5.74) is 4.81. The summed E-state index contributed by atoms with van der Waals surface area (Å²) >= 11 is 5.91. The fourth-order valence-corrected chi connectivity index (χ4v) is 2.32. The Kier molecular flexibility index (Phi) is 4.56. The molecular weight excluding hydrogens is 256 g/mol. The maximum Gasteiger partial charge on any atom is 0.0754 e. The molecule has 100 valence electrons. The molecule has 0 fully saturated rings. The summed E-state index contributed by atoms with van der Waals surface area (Å²) in [6.45, 7) is 7.24. The van der Waals surface area contributed by atoms with Gasteiger partial charge in [0.15, 0.2) is 0 Å². The second-order valence-electron chi connectivity index (χ2n) is 4.75. The van der Waals surface area contributed by atoms with Crippen molar-refractivity contribution in [2.75, 3.05) is 6.54 Å². The van der Waals surface area contributed by atoms with E-state index >= 15 is 0 Å². The van der Waals surface area contributed by atoms with Gasteiger partial charge in [0.05, 0.1) is 16.8 Å². The molecule has 0 saturated carbocycles. The van der Waals surface area contributed by atoms with Gasteiger partial charge in [-0.1, -0.05) is 42.3 Å². The number of aromatic nitrogens is 1. The minimum absolute atomic E-state index is 0.113. The molecule has 1 aromatic carbocycles. The number of aryl methyl sites for hydroxylation is 2. The summed E-state index contributed by atoms with van der Waals surface area (Å²) < 4.78 is 0. The van der Waals surface area contributed by atoms with Crippen molar-refractivity contribution < 1.29 is 0 Å². The molecule has 1 aromatic heterocycles. The van der Waals surface area contributed by atoms with Crippen molar-refractivity contribution in [3.8, 4) is 0 Å². The van der Waals surface area contributed by atoms with Crippen molar-refractivity contribution in [1.82, 2.24) is 10.3 Å². The van der Waals surface area contributed by atoms with Crippen molar-refractivity contribution in [1.29, 1.82) is 0 Å². The number of pyridine rings is 1. The zero-order valence-corrected chi connectivity index (χ0v) is 12.3. The van der Waals surface area contributed by atoms with Crippen LogP contribution in [0.3, 0.4) is 0 Å². The third-order valence-corrected chi connectivity index (χ3v) is 3.42. The van der Waals surface area contributed by atoms with Gasteiger partial charge < -0.3 is 5.32 Å². The highest BCUT2D eigenvalue weighted by Crippen LogP contribution is 2.25. The summed E-state index contributed by atoms with van der Waals surface area (Å²) in [5.74, 6) is 0. The van der Waals surface area contributed by atoms with Crippen LogP contribution >= 0.6 is 11.6 Å². The van der Waals surface area contributed by atoms with Gasteiger partial charge in [-0.3, -0.25) is 4.98 Å². The molecule has 0 saturated heterocycles.